The molecule has 0 aliphatic heterocycles. The Morgan fingerprint density at radius 2 is 1.75 bits per heavy atom. The normalized spacial score (nSPS) is 18.4. The fraction of sp³-hybridized carbons (Fsp3) is 0.571. The quantitative estimate of drug-likeness (QED) is 0.867. The van der Waals surface area contributed by atoms with Gasteiger partial charge in [-0.25, -0.2) is 12.7 Å². The van der Waals surface area contributed by atoms with Crippen LogP contribution in [0.5, 0.6) is 0 Å². The summed E-state index contributed by atoms with van der Waals surface area (Å²) in [5.41, 5.74) is 0.206. The first-order chi connectivity index (χ1) is 9.33. The summed E-state index contributed by atoms with van der Waals surface area (Å²) >= 11 is 0. The van der Waals surface area contributed by atoms with Gasteiger partial charge in [-0.1, -0.05) is 12.8 Å². The molecule has 2 rings (SSSR count). The average Bonchev–Trinajstić information content (AvgIpc) is 2.84. The number of nitrogens with one attached hydrogen (secondary N) is 1. The van der Waals surface area contributed by atoms with E-state index in [1.807, 2.05) is 0 Å². The van der Waals surface area contributed by atoms with Crippen molar-refractivity contribution in [3.8, 4) is 0 Å². The van der Waals surface area contributed by atoms with Crippen molar-refractivity contribution in [2.24, 2.45) is 0 Å². The van der Waals surface area contributed by atoms with Gasteiger partial charge in [0.1, 0.15) is 0 Å². The van der Waals surface area contributed by atoms with E-state index in [2.05, 4.69) is 5.32 Å². The summed E-state index contributed by atoms with van der Waals surface area (Å²) in [7, 11) is -0.358. The second-order valence-corrected chi connectivity index (χ2v) is 7.75. The highest BCUT2D eigenvalue weighted by atomic mass is 32.2. The minimum absolute atomic E-state index is 0.271. The van der Waals surface area contributed by atoms with E-state index in [-0.39, 0.29) is 4.90 Å². The van der Waals surface area contributed by atoms with Gasteiger partial charge in [-0.2, -0.15) is 0 Å². The van der Waals surface area contributed by atoms with Crippen molar-refractivity contribution in [2.45, 2.75) is 36.2 Å². The maximum absolute atomic E-state index is 11.9. The highest BCUT2D eigenvalue weighted by molar-refractivity contribution is 7.89. The van der Waals surface area contributed by atoms with Crippen LogP contribution in [-0.2, 0) is 10.0 Å². The molecule has 0 amide bonds. The van der Waals surface area contributed by atoms with Gasteiger partial charge in [0.05, 0.1) is 10.5 Å². The van der Waals surface area contributed by atoms with Crippen LogP contribution in [0.25, 0.3) is 0 Å². The number of anilines is 1. The lowest BCUT2D eigenvalue weighted by atomic mass is 10.0. The highest BCUT2D eigenvalue weighted by Gasteiger charge is 2.30. The topological polar surface area (TPSA) is 69.6 Å². The van der Waals surface area contributed by atoms with Crippen molar-refractivity contribution in [3.63, 3.8) is 0 Å². The average molecular weight is 298 g/mol. The molecule has 1 saturated carbocycles. The summed E-state index contributed by atoms with van der Waals surface area (Å²) in [6, 6.07) is 6.62. The number of hydrogen-bond acceptors (Lipinski definition) is 4. The fourth-order valence-corrected chi connectivity index (χ4v) is 3.33. The zero-order chi connectivity index (χ0) is 14.8. The monoisotopic (exact) mass is 298 g/mol. The maximum Gasteiger partial charge on any atom is 0.242 e. The van der Waals surface area contributed by atoms with Gasteiger partial charge in [-0.3, -0.25) is 0 Å². The van der Waals surface area contributed by atoms with E-state index in [9.17, 15) is 13.5 Å². The number of sulfonamides is 1. The van der Waals surface area contributed by atoms with Crippen molar-refractivity contribution in [3.05, 3.63) is 24.3 Å². The smallest absolute Gasteiger partial charge is 0.242 e. The van der Waals surface area contributed by atoms with E-state index in [0.717, 1.165) is 31.4 Å². The van der Waals surface area contributed by atoms with Gasteiger partial charge in [0, 0.05) is 26.3 Å². The first kappa shape index (κ1) is 15.3. The largest absolute Gasteiger partial charge is 0.388 e. The summed E-state index contributed by atoms with van der Waals surface area (Å²) in [5.74, 6) is 0. The Morgan fingerprint density at radius 1 is 1.20 bits per heavy atom. The van der Waals surface area contributed by atoms with Crippen LogP contribution in [0.1, 0.15) is 25.7 Å². The molecule has 1 aliphatic carbocycles. The number of aliphatic hydroxyl groups is 1. The molecule has 0 aromatic heterocycles. The lowest BCUT2D eigenvalue weighted by molar-refractivity contribution is 0.0615. The lowest BCUT2D eigenvalue weighted by Crippen LogP contribution is -2.33. The van der Waals surface area contributed by atoms with Gasteiger partial charge < -0.3 is 10.4 Å². The second kappa shape index (κ2) is 5.71. The Labute approximate surface area is 120 Å². The Hall–Kier alpha value is -1.11. The molecule has 0 heterocycles. The zero-order valence-corrected chi connectivity index (χ0v) is 12.8. The van der Waals surface area contributed by atoms with Gasteiger partial charge in [0.25, 0.3) is 0 Å². The zero-order valence-electron chi connectivity index (χ0n) is 12.0. The summed E-state index contributed by atoms with van der Waals surface area (Å²) in [4.78, 5) is 0.271. The van der Waals surface area contributed by atoms with Crippen LogP contribution in [0, 0.1) is 0 Å². The van der Waals surface area contributed by atoms with E-state index in [1.165, 1.54) is 18.4 Å². The van der Waals surface area contributed by atoms with Crippen molar-refractivity contribution >= 4 is 15.7 Å². The first-order valence-electron chi connectivity index (χ1n) is 6.82. The van der Waals surface area contributed by atoms with E-state index in [0.29, 0.717) is 6.54 Å². The third kappa shape index (κ3) is 3.31. The lowest BCUT2D eigenvalue weighted by Gasteiger charge is -2.23. The summed E-state index contributed by atoms with van der Waals surface area (Å²) in [5, 5.41) is 13.4. The standard InChI is InChI=1S/C14H22N2O3S/c1-16(2)20(18,19)13-7-5-12(6-8-13)15-11-14(17)9-3-4-10-14/h5-8,15,17H,3-4,9-11H2,1-2H3. The van der Waals surface area contributed by atoms with Crippen molar-refractivity contribution < 1.29 is 13.5 Å². The van der Waals surface area contributed by atoms with Gasteiger partial charge in [0.2, 0.25) is 10.0 Å². The molecule has 1 fully saturated rings. The molecule has 6 heteroatoms. The predicted octanol–water partition coefficient (Wildman–Crippen LogP) is 1.65. The third-order valence-electron chi connectivity index (χ3n) is 3.79. The van der Waals surface area contributed by atoms with Crippen molar-refractivity contribution in [2.75, 3.05) is 26.0 Å². The van der Waals surface area contributed by atoms with Crippen LogP contribution in [0.15, 0.2) is 29.2 Å². The SMILES string of the molecule is CN(C)S(=O)(=O)c1ccc(NCC2(O)CCCC2)cc1. The maximum atomic E-state index is 11.9. The Morgan fingerprint density at radius 3 is 2.25 bits per heavy atom. The molecule has 0 bridgehead atoms. The van der Waals surface area contributed by atoms with E-state index in [4.69, 9.17) is 0 Å². The molecule has 1 aromatic rings. The first-order valence-corrected chi connectivity index (χ1v) is 8.26. The number of hydrogen-bond donors (Lipinski definition) is 2. The van der Waals surface area contributed by atoms with E-state index < -0.39 is 15.6 Å². The Bertz CT molecular complexity index is 546. The molecule has 0 unspecified atom stereocenters. The Balaban J connectivity index is 2.02. The van der Waals surface area contributed by atoms with Gasteiger partial charge in [-0.15, -0.1) is 0 Å². The second-order valence-electron chi connectivity index (χ2n) is 5.60. The van der Waals surface area contributed by atoms with Crippen molar-refractivity contribution in [1.82, 2.24) is 4.31 Å². The molecule has 0 atom stereocenters. The van der Waals surface area contributed by atoms with Gasteiger partial charge in [-0.05, 0) is 37.1 Å². The molecule has 0 saturated heterocycles. The summed E-state index contributed by atoms with van der Waals surface area (Å²) < 4.78 is 25.0. The molecule has 1 aromatic carbocycles. The highest BCUT2D eigenvalue weighted by Crippen LogP contribution is 2.29. The van der Waals surface area contributed by atoms with Gasteiger partial charge >= 0.3 is 0 Å². The number of nitrogens with zero attached hydrogens (tertiary/aromatic N) is 1. The Kier molecular flexibility index (Phi) is 4.36. The molecular weight excluding hydrogens is 276 g/mol. The van der Waals surface area contributed by atoms with E-state index in [1.54, 1.807) is 24.3 Å². The third-order valence-corrected chi connectivity index (χ3v) is 5.62. The van der Waals surface area contributed by atoms with Crippen LogP contribution in [0.3, 0.4) is 0 Å². The molecule has 1 aliphatic rings. The van der Waals surface area contributed by atoms with Crippen LogP contribution < -0.4 is 5.32 Å². The van der Waals surface area contributed by atoms with Crippen LogP contribution in [0.2, 0.25) is 0 Å². The minimum Gasteiger partial charge on any atom is -0.388 e. The molecular formula is C14H22N2O3S. The van der Waals surface area contributed by atoms with E-state index >= 15 is 0 Å². The van der Waals surface area contributed by atoms with Gasteiger partial charge in [0.15, 0.2) is 0 Å². The molecule has 0 spiro atoms. The fourth-order valence-electron chi connectivity index (χ4n) is 2.43. The van der Waals surface area contributed by atoms with Crippen LogP contribution in [-0.4, -0.2) is 44.1 Å². The molecule has 5 nitrogen and oxygen atoms in total. The number of benzene rings is 1. The van der Waals surface area contributed by atoms with Crippen LogP contribution in [0.4, 0.5) is 5.69 Å². The number of rotatable bonds is 5. The molecule has 0 radical (unpaired) electrons. The van der Waals surface area contributed by atoms with Crippen molar-refractivity contribution in [1.29, 1.82) is 0 Å². The molecule has 2 N–H and O–H groups in total. The van der Waals surface area contributed by atoms with Crippen LogP contribution >= 0.6 is 0 Å². The minimum atomic E-state index is -3.38. The predicted molar refractivity (Wildman–Crippen MR) is 79.2 cm³/mol. The summed E-state index contributed by atoms with van der Waals surface area (Å²) in [6.45, 7) is 0.507. The summed E-state index contributed by atoms with van der Waals surface area (Å²) in [6.07, 6.45) is 3.79. The molecule has 112 valence electrons. The molecule has 20 heavy (non-hydrogen) atoms.